The molecule has 1 aromatic carbocycles. The van der Waals surface area contributed by atoms with Crippen molar-refractivity contribution in [3.05, 3.63) is 47.4 Å². The Morgan fingerprint density at radius 2 is 2.06 bits per heavy atom. The summed E-state index contributed by atoms with van der Waals surface area (Å²) in [6.07, 6.45) is 2.16. The van der Waals surface area contributed by atoms with E-state index in [1.54, 1.807) is 13.2 Å². The van der Waals surface area contributed by atoms with Gasteiger partial charge in [0.2, 0.25) is 0 Å². The highest BCUT2D eigenvalue weighted by atomic mass is 16.7. The Bertz CT molecular complexity index is 405. The number of hydrogen-bond acceptors (Lipinski definition) is 3. The number of ether oxygens (including phenoxy) is 2. The second kappa shape index (κ2) is 6.52. The summed E-state index contributed by atoms with van der Waals surface area (Å²) in [7, 11) is 1.57. The molecule has 1 rings (SSSR count). The van der Waals surface area contributed by atoms with Gasteiger partial charge in [0, 0.05) is 0 Å². The quantitative estimate of drug-likeness (QED) is 0.712. The number of methoxy groups -OCH3 is 1. The van der Waals surface area contributed by atoms with Crippen molar-refractivity contribution in [2.75, 3.05) is 7.11 Å². The average Bonchev–Trinajstić information content (AvgIpc) is 2.33. The first kappa shape index (κ1) is 12.1. The predicted octanol–water partition coefficient (Wildman–Crippen LogP) is 2.78. The lowest BCUT2D eigenvalue weighted by molar-refractivity contribution is 0.0521. The summed E-state index contributed by atoms with van der Waals surface area (Å²) in [4.78, 5) is 0. The Kier molecular flexibility index (Phi) is 4.94. The lowest BCUT2D eigenvalue weighted by atomic mass is 10.1. The third kappa shape index (κ3) is 3.32. The number of nitriles is 1. The number of hydrogen-bond donors (Lipinski definition) is 0. The molecule has 0 atom stereocenters. The van der Waals surface area contributed by atoms with Crippen LogP contribution in [0, 0.1) is 11.3 Å². The van der Waals surface area contributed by atoms with E-state index in [2.05, 4.69) is 6.07 Å². The zero-order valence-corrected chi connectivity index (χ0v) is 9.56. The number of benzene rings is 1. The largest absolute Gasteiger partial charge is 0.469 e. The zero-order chi connectivity index (χ0) is 11.8. The highest BCUT2D eigenvalue weighted by Gasteiger charge is 2.03. The van der Waals surface area contributed by atoms with Crippen LogP contribution in [0.4, 0.5) is 0 Å². The van der Waals surface area contributed by atoms with Gasteiger partial charge < -0.3 is 9.47 Å². The minimum absolute atomic E-state index is 0.400. The topological polar surface area (TPSA) is 42.2 Å². The molecule has 0 spiro atoms. The van der Waals surface area contributed by atoms with Crippen LogP contribution < -0.4 is 0 Å². The van der Waals surface area contributed by atoms with Crippen LogP contribution in [0.25, 0.3) is 0 Å². The molecule has 0 amide bonds. The molecule has 16 heavy (non-hydrogen) atoms. The molecule has 0 bridgehead atoms. The van der Waals surface area contributed by atoms with Gasteiger partial charge in [0.1, 0.15) is 6.61 Å². The summed E-state index contributed by atoms with van der Waals surface area (Å²) in [6.45, 7) is 2.27. The fraction of sp³-hybridized carbons (Fsp3) is 0.308. The molecule has 0 N–H and O–H groups in total. The van der Waals surface area contributed by atoms with Gasteiger partial charge in [0.15, 0.2) is 0 Å². The van der Waals surface area contributed by atoms with E-state index in [-0.39, 0.29) is 0 Å². The van der Waals surface area contributed by atoms with Gasteiger partial charge in [-0.2, -0.15) is 5.26 Å². The van der Waals surface area contributed by atoms with Crippen molar-refractivity contribution < 1.29 is 9.47 Å². The fourth-order valence-corrected chi connectivity index (χ4v) is 1.36. The minimum Gasteiger partial charge on any atom is -0.469 e. The maximum atomic E-state index is 8.69. The van der Waals surface area contributed by atoms with E-state index in [9.17, 15) is 0 Å². The average molecular weight is 217 g/mol. The summed E-state index contributed by atoms with van der Waals surface area (Å²) >= 11 is 0. The summed E-state index contributed by atoms with van der Waals surface area (Å²) in [5, 5.41) is 8.69. The molecule has 3 nitrogen and oxygen atoms in total. The fourth-order valence-electron chi connectivity index (χ4n) is 1.36. The summed E-state index contributed by atoms with van der Waals surface area (Å²) in [5.74, 6) is 0.492. The van der Waals surface area contributed by atoms with Crippen molar-refractivity contribution >= 4 is 0 Å². The molecule has 0 aliphatic rings. The Morgan fingerprint density at radius 3 is 2.62 bits per heavy atom. The van der Waals surface area contributed by atoms with Gasteiger partial charge in [-0.15, -0.1) is 0 Å². The van der Waals surface area contributed by atoms with Crippen LogP contribution >= 0.6 is 0 Å². The Morgan fingerprint density at radius 1 is 1.38 bits per heavy atom. The van der Waals surface area contributed by atoms with E-state index < -0.39 is 0 Å². The third-order valence-electron chi connectivity index (χ3n) is 2.19. The smallest absolute Gasteiger partial charge is 0.274 e. The van der Waals surface area contributed by atoms with Crippen molar-refractivity contribution in [1.82, 2.24) is 0 Å². The standard InChI is InChI=1S/C13H15NO2/c1-3-13(15-2)16-10-12-7-5-4-6-11(12)8-9-14/h3-7H,8,10H2,1-2H3. The molecule has 0 saturated heterocycles. The van der Waals surface area contributed by atoms with Crippen LogP contribution in [0.3, 0.4) is 0 Å². The Labute approximate surface area is 95.9 Å². The maximum absolute atomic E-state index is 8.69. The van der Waals surface area contributed by atoms with Gasteiger partial charge in [0.25, 0.3) is 5.95 Å². The van der Waals surface area contributed by atoms with Crippen molar-refractivity contribution in [3.8, 4) is 6.07 Å². The lowest BCUT2D eigenvalue weighted by Crippen LogP contribution is -1.99. The molecule has 0 aliphatic heterocycles. The molecule has 84 valence electrons. The predicted molar refractivity (Wildman–Crippen MR) is 61.3 cm³/mol. The van der Waals surface area contributed by atoms with E-state index in [0.29, 0.717) is 19.0 Å². The Hall–Kier alpha value is -1.95. The van der Waals surface area contributed by atoms with Gasteiger partial charge >= 0.3 is 0 Å². The molecule has 0 aliphatic carbocycles. The van der Waals surface area contributed by atoms with Gasteiger partial charge in [-0.3, -0.25) is 0 Å². The van der Waals surface area contributed by atoms with Gasteiger partial charge in [-0.05, 0) is 24.1 Å². The summed E-state index contributed by atoms with van der Waals surface area (Å²) in [5.41, 5.74) is 2.01. The molecule has 0 radical (unpaired) electrons. The van der Waals surface area contributed by atoms with Crippen LogP contribution in [0.15, 0.2) is 36.3 Å². The van der Waals surface area contributed by atoms with Crippen LogP contribution in [0.1, 0.15) is 18.1 Å². The van der Waals surface area contributed by atoms with Crippen molar-refractivity contribution in [2.45, 2.75) is 20.0 Å². The molecule has 1 aromatic rings. The molecular weight excluding hydrogens is 202 g/mol. The monoisotopic (exact) mass is 217 g/mol. The molecule has 0 heterocycles. The third-order valence-corrected chi connectivity index (χ3v) is 2.19. The van der Waals surface area contributed by atoms with Crippen LogP contribution in [0.2, 0.25) is 0 Å². The van der Waals surface area contributed by atoms with E-state index in [4.69, 9.17) is 14.7 Å². The summed E-state index contributed by atoms with van der Waals surface area (Å²) in [6, 6.07) is 9.88. The van der Waals surface area contributed by atoms with Gasteiger partial charge in [-0.25, -0.2) is 0 Å². The first-order valence-electron chi connectivity index (χ1n) is 5.08. The molecule has 0 fully saturated rings. The molecule has 3 heteroatoms. The first-order chi connectivity index (χ1) is 7.81. The Balaban J connectivity index is 2.70. The lowest BCUT2D eigenvalue weighted by Gasteiger charge is -2.10. The van der Waals surface area contributed by atoms with Crippen molar-refractivity contribution in [2.24, 2.45) is 0 Å². The zero-order valence-electron chi connectivity index (χ0n) is 9.56. The summed E-state index contributed by atoms with van der Waals surface area (Å²) < 4.78 is 10.4. The van der Waals surface area contributed by atoms with E-state index in [1.807, 2.05) is 31.2 Å². The maximum Gasteiger partial charge on any atom is 0.274 e. The van der Waals surface area contributed by atoms with Crippen LogP contribution in [-0.4, -0.2) is 7.11 Å². The van der Waals surface area contributed by atoms with Gasteiger partial charge in [0.05, 0.1) is 19.6 Å². The van der Waals surface area contributed by atoms with Gasteiger partial charge in [-0.1, -0.05) is 24.3 Å². The number of allylic oxidation sites excluding steroid dienone is 1. The minimum atomic E-state index is 0.400. The second-order valence-electron chi connectivity index (χ2n) is 3.20. The first-order valence-corrected chi connectivity index (χ1v) is 5.08. The normalized spacial score (nSPS) is 10.7. The molecule has 0 unspecified atom stereocenters. The van der Waals surface area contributed by atoms with E-state index in [0.717, 1.165) is 11.1 Å². The molecule has 0 saturated carbocycles. The molecular formula is C13H15NO2. The van der Waals surface area contributed by atoms with E-state index >= 15 is 0 Å². The second-order valence-corrected chi connectivity index (χ2v) is 3.20. The number of nitrogens with zero attached hydrogens (tertiary/aromatic N) is 1. The van der Waals surface area contributed by atoms with Crippen molar-refractivity contribution in [3.63, 3.8) is 0 Å². The van der Waals surface area contributed by atoms with Crippen LogP contribution in [-0.2, 0) is 22.5 Å². The van der Waals surface area contributed by atoms with Crippen molar-refractivity contribution in [1.29, 1.82) is 5.26 Å². The highest BCUT2D eigenvalue weighted by molar-refractivity contribution is 5.28. The van der Waals surface area contributed by atoms with Crippen LogP contribution in [0.5, 0.6) is 0 Å². The number of rotatable bonds is 5. The van der Waals surface area contributed by atoms with E-state index in [1.165, 1.54) is 0 Å². The SMILES string of the molecule is CC=C(OC)OCc1ccccc1CC#N. The highest BCUT2D eigenvalue weighted by Crippen LogP contribution is 2.12. The molecule has 0 aromatic heterocycles.